The number of ketones is 1. The Hall–Kier alpha value is -7.11. The van der Waals surface area contributed by atoms with Crippen LogP contribution in [0.4, 0.5) is 0 Å². The zero-order valence-corrected chi connectivity index (χ0v) is 36.9. The minimum absolute atomic E-state index is 0.0212. The minimum Gasteiger partial charge on any atom is -0.510 e. The molecule has 3 heterocycles. The first kappa shape index (κ1) is 48.9. The van der Waals surface area contributed by atoms with Crippen molar-refractivity contribution >= 4 is 53.1 Å². The van der Waals surface area contributed by atoms with E-state index in [-0.39, 0.29) is 74.3 Å². The standard InChI is InChI=1S/C47H57N7O11/c1-28-22-35-44(61)48-30(3)42(59)49-31(4)45(62)54-26-29(2)23-36(54)47(64)65-27-34(46(63)53(35)25-28)51-43(60)33(24-32-16-12-11-13-17-32)50-39(57)18-14-9-7-5-6-8-10-15-19-40(58)52-41-37(55)20-21-38(41)56/h5-19,28-31,33-36,55H,20-27H2,1-4H3,(H,48,61)(H,49,59)(H,50,57)(H,51,60)(H,52,58)/b6-5+,9-7+,10-8+,18-14+,19-15+/t28-,29-,30+,31+,33+,34?,35+,36+/m1/s1. The van der Waals surface area contributed by atoms with Crippen molar-refractivity contribution in [3.05, 3.63) is 108 Å². The average Bonchev–Trinajstić information content (AvgIpc) is 3.96. The number of Topliss-reactive ketones (excluding diaryl/α,β-unsaturated/α-hetero) is 1. The molecule has 0 saturated carbocycles. The number of esters is 1. The molecule has 1 aliphatic carbocycles. The van der Waals surface area contributed by atoms with Gasteiger partial charge < -0.3 is 46.2 Å². The number of allylic oxidation sites excluding steroid dienone is 10. The lowest BCUT2D eigenvalue weighted by Gasteiger charge is -2.32. The molecule has 3 fully saturated rings. The quantitative estimate of drug-likeness (QED) is 0.0991. The highest BCUT2D eigenvalue weighted by molar-refractivity contribution is 6.03. The van der Waals surface area contributed by atoms with E-state index >= 15 is 0 Å². The number of benzene rings is 1. The summed E-state index contributed by atoms with van der Waals surface area (Å²) in [5, 5.41) is 22.7. The molecule has 5 rings (SSSR count). The predicted octanol–water partition coefficient (Wildman–Crippen LogP) is 1.27. The van der Waals surface area contributed by atoms with Crippen molar-refractivity contribution in [1.82, 2.24) is 36.4 Å². The van der Waals surface area contributed by atoms with Crippen molar-refractivity contribution in [2.75, 3.05) is 19.7 Å². The van der Waals surface area contributed by atoms with Gasteiger partial charge in [-0.05, 0) is 44.1 Å². The topological polar surface area (TPSA) is 250 Å². The van der Waals surface area contributed by atoms with Gasteiger partial charge in [-0.1, -0.05) is 92.8 Å². The van der Waals surface area contributed by atoms with E-state index in [0.717, 1.165) is 0 Å². The maximum atomic E-state index is 14.4. The average molecular weight is 896 g/mol. The highest BCUT2D eigenvalue weighted by atomic mass is 16.5. The molecular formula is C47H57N7O11. The number of hydrogen-bond donors (Lipinski definition) is 6. The molecule has 6 N–H and O–H groups in total. The minimum atomic E-state index is -1.50. The summed E-state index contributed by atoms with van der Waals surface area (Å²) < 4.78 is 5.71. The van der Waals surface area contributed by atoms with Crippen LogP contribution in [0.15, 0.2) is 103 Å². The molecule has 65 heavy (non-hydrogen) atoms. The van der Waals surface area contributed by atoms with E-state index in [2.05, 4.69) is 26.6 Å². The van der Waals surface area contributed by atoms with E-state index in [4.69, 9.17) is 4.74 Å². The molecule has 18 heteroatoms. The number of aliphatic hydroxyl groups excluding tert-OH is 1. The summed E-state index contributed by atoms with van der Waals surface area (Å²) in [6.07, 6.45) is 16.0. The number of nitrogens with zero attached hydrogens (tertiary/aromatic N) is 2. The number of aliphatic hydroxyl groups is 1. The summed E-state index contributed by atoms with van der Waals surface area (Å²) in [5.74, 6) is -5.90. The van der Waals surface area contributed by atoms with Crippen LogP contribution in [0, 0.1) is 11.8 Å². The molecule has 7 amide bonds. The third-order valence-corrected chi connectivity index (χ3v) is 11.2. The van der Waals surface area contributed by atoms with Crippen LogP contribution in [0.25, 0.3) is 0 Å². The van der Waals surface area contributed by atoms with Crippen LogP contribution < -0.4 is 26.6 Å². The van der Waals surface area contributed by atoms with Crippen LogP contribution >= 0.6 is 0 Å². The Morgan fingerprint density at radius 2 is 1.31 bits per heavy atom. The molecule has 0 aromatic heterocycles. The number of nitrogens with one attached hydrogen (secondary N) is 5. The summed E-state index contributed by atoms with van der Waals surface area (Å²) in [5.41, 5.74) is 0.612. The number of cyclic esters (lactones) is 1. The molecule has 4 aliphatic rings. The van der Waals surface area contributed by atoms with E-state index < -0.39 is 90.2 Å². The first-order valence-corrected chi connectivity index (χ1v) is 21.7. The van der Waals surface area contributed by atoms with Crippen molar-refractivity contribution in [1.29, 1.82) is 0 Å². The van der Waals surface area contributed by atoms with Crippen molar-refractivity contribution in [2.45, 2.75) is 96.1 Å². The van der Waals surface area contributed by atoms with Crippen molar-refractivity contribution in [2.24, 2.45) is 11.8 Å². The normalized spacial score (nSPS) is 26.6. The SMILES string of the molecule is C[C@@H]1C[C@H]2C(=O)N[C@@H](C)C(=O)N[C@@H](C)C(=O)N3C[C@H](C)C[C@H]3C(=O)OCC(NC(=O)[C@H](Cc3ccccc3)NC(=O)/C=C/C=C/C=C/C=C/C=C/C(=O)NC3=C(O)CCC3=O)C(=O)N2C1. The molecule has 1 aromatic carbocycles. The molecule has 3 saturated heterocycles. The first-order valence-electron chi connectivity index (χ1n) is 21.7. The van der Waals surface area contributed by atoms with E-state index in [9.17, 15) is 48.3 Å². The highest BCUT2D eigenvalue weighted by Crippen LogP contribution is 2.27. The molecule has 18 nitrogen and oxygen atoms in total. The van der Waals surface area contributed by atoms with E-state index in [1.54, 1.807) is 66.8 Å². The Bertz CT molecular complexity index is 2200. The summed E-state index contributed by atoms with van der Waals surface area (Å²) in [6.45, 7) is 6.40. The summed E-state index contributed by atoms with van der Waals surface area (Å²) in [4.78, 5) is 122. The van der Waals surface area contributed by atoms with E-state index in [0.29, 0.717) is 5.56 Å². The van der Waals surface area contributed by atoms with Gasteiger partial charge in [-0.3, -0.25) is 38.4 Å². The van der Waals surface area contributed by atoms with Crippen LogP contribution in [0.5, 0.6) is 0 Å². The second kappa shape index (κ2) is 23.0. The number of amides is 7. The number of fused-ring (bicyclic) bond motifs is 2. The molecule has 8 atom stereocenters. The molecule has 0 spiro atoms. The maximum Gasteiger partial charge on any atom is 0.328 e. The van der Waals surface area contributed by atoms with Gasteiger partial charge in [-0.25, -0.2) is 4.79 Å². The van der Waals surface area contributed by atoms with Crippen LogP contribution in [0.2, 0.25) is 0 Å². The zero-order valence-electron chi connectivity index (χ0n) is 36.9. The molecule has 1 unspecified atom stereocenters. The zero-order chi connectivity index (χ0) is 47.2. The van der Waals surface area contributed by atoms with E-state index in [1.807, 2.05) is 13.8 Å². The van der Waals surface area contributed by atoms with Gasteiger partial charge in [0, 0.05) is 44.5 Å². The fourth-order valence-corrected chi connectivity index (χ4v) is 7.88. The Balaban J connectivity index is 1.29. The first-order chi connectivity index (χ1) is 31.0. The van der Waals surface area contributed by atoms with Gasteiger partial charge in [0.05, 0.1) is 0 Å². The van der Waals surface area contributed by atoms with Crippen LogP contribution in [0.1, 0.15) is 58.9 Å². The molecule has 346 valence electrons. The van der Waals surface area contributed by atoms with Crippen molar-refractivity contribution < 1.29 is 53.0 Å². The largest absolute Gasteiger partial charge is 0.510 e. The third kappa shape index (κ3) is 13.7. The predicted molar refractivity (Wildman–Crippen MR) is 236 cm³/mol. The van der Waals surface area contributed by atoms with Crippen LogP contribution in [-0.2, 0) is 54.3 Å². The van der Waals surface area contributed by atoms with Gasteiger partial charge >= 0.3 is 5.97 Å². The molecule has 1 aromatic rings. The molecular weight excluding hydrogens is 839 g/mol. The van der Waals surface area contributed by atoms with Crippen LogP contribution in [0.3, 0.4) is 0 Å². The van der Waals surface area contributed by atoms with Gasteiger partial charge in [0.25, 0.3) is 0 Å². The second-order valence-electron chi connectivity index (χ2n) is 16.7. The molecule has 3 aliphatic heterocycles. The number of carbonyl (C=O) groups is 9. The number of rotatable bonds is 12. The Labute approximate surface area is 377 Å². The Morgan fingerprint density at radius 3 is 1.92 bits per heavy atom. The van der Waals surface area contributed by atoms with E-state index in [1.165, 1.54) is 48.0 Å². The number of ether oxygens (including phenoxy) is 1. The Morgan fingerprint density at radius 1 is 0.738 bits per heavy atom. The fraction of sp³-hybridized carbons (Fsp3) is 0.426. The van der Waals surface area contributed by atoms with Crippen LogP contribution in [-0.4, -0.2) is 124 Å². The maximum absolute atomic E-state index is 14.4. The number of hydrogen-bond acceptors (Lipinski definition) is 11. The monoisotopic (exact) mass is 895 g/mol. The lowest BCUT2D eigenvalue weighted by atomic mass is 10.0. The smallest absolute Gasteiger partial charge is 0.328 e. The highest BCUT2D eigenvalue weighted by Gasteiger charge is 2.45. The van der Waals surface area contributed by atoms with Gasteiger partial charge in [-0.2, -0.15) is 0 Å². The molecule has 0 bridgehead atoms. The summed E-state index contributed by atoms with van der Waals surface area (Å²) in [6, 6.07) is 2.02. The second-order valence-corrected chi connectivity index (χ2v) is 16.7. The van der Waals surface area contributed by atoms with Crippen molar-refractivity contribution in [3.63, 3.8) is 0 Å². The Kier molecular flexibility index (Phi) is 17.3. The van der Waals surface area contributed by atoms with Gasteiger partial charge in [0.2, 0.25) is 41.4 Å². The van der Waals surface area contributed by atoms with Gasteiger partial charge in [0.15, 0.2) is 5.78 Å². The van der Waals surface area contributed by atoms with Gasteiger partial charge in [-0.15, -0.1) is 0 Å². The number of carbonyl (C=O) groups excluding carboxylic acids is 9. The third-order valence-electron chi connectivity index (χ3n) is 11.2. The summed E-state index contributed by atoms with van der Waals surface area (Å²) in [7, 11) is 0. The lowest BCUT2D eigenvalue weighted by Crippen LogP contribution is -2.60. The lowest BCUT2D eigenvalue weighted by molar-refractivity contribution is -0.157. The molecule has 0 radical (unpaired) electrons. The fourth-order valence-electron chi connectivity index (χ4n) is 7.88. The van der Waals surface area contributed by atoms with Gasteiger partial charge in [0.1, 0.15) is 54.3 Å². The summed E-state index contributed by atoms with van der Waals surface area (Å²) >= 11 is 0. The van der Waals surface area contributed by atoms with Crippen molar-refractivity contribution in [3.8, 4) is 0 Å².